The molecule has 0 radical (unpaired) electrons. The lowest BCUT2D eigenvalue weighted by Gasteiger charge is -2.24. The monoisotopic (exact) mass is 784 g/mol. The van der Waals surface area contributed by atoms with Gasteiger partial charge in [-0.05, 0) is 151 Å². The molecular formula is C62H40. The zero-order chi connectivity index (χ0) is 40.7. The SMILES string of the molecule is C1=Cc2ccc3c(-c4cccc(-c5ccc(-c6ccccc6-c6ccccc6-c6ccc(-c7ccc8ccc9cccc%10ccc7c8c9%10)cc6)cc5)c4)ccc4c3c2C(=CC4)C1. The lowest BCUT2D eigenvalue weighted by molar-refractivity contribution is 1.23. The van der Waals surface area contributed by atoms with Gasteiger partial charge in [0.15, 0.2) is 0 Å². The Labute approximate surface area is 361 Å². The highest BCUT2D eigenvalue weighted by Gasteiger charge is 2.22. The standard InChI is InChI=1S/C62H40/c1-3-16-55(56-17-4-2-15-52(56)41-22-24-42(25-23-41)53-34-30-47-28-26-43-8-5-10-45-32-36-57(53)61(47)59(43)45)51(14-1)40-20-18-39(19-21-40)49-12-7-13-50(38-49)54-35-31-48-29-27-44-9-6-11-46-33-37-58(54)62(48)60(44)46/h1-8,10-28,30-38H,9,29H2. The molecule has 0 atom stereocenters. The maximum Gasteiger partial charge on any atom is -0.00206 e. The minimum absolute atomic E-state index is 1.01. The molecule has 2 aliphatic rings. The molecule has 0 spiro atoms. The van der Waals surface area contributed by atoms with Gasteiger partial charge >= 0.3 is 0 Å². The molecule has 11 aromatic rings. The van der Waals surface area contributed by atoms with Crippen molar-refractivity contribution in [3.63, 3.8) is 0 Å². The van der Waals surface area contributed by atoms with Crippen molar-refractivity contribution in [2.45, 2.75) is 12.8 Å². The summed E-state index contributed by atoms with van der Waals surface area (Å²) in [5, 5.41) is 10.7. The van der Waals surface area contributed by atoms with Gasteiger partial charge in [0, 0.05) is 0 Å². The third kappa shape index (κ3) is 5.47. The highest BCUT2D eigenvalue weighted by Crippen LogP contribution is 2.45. The van der Waals surface area contributed by atoms with Crippen LogP contribution in [0.1, 0.15) is 23.1 Å². The molecule has 0 aromatic heterocycles. The Morgan fingerprint density at radius 3 is 1.56 bits per heavy atom. The van der Waals surface area contributed by atoms with Gasteiger partial charge in [-0.3, -0.25) is 0 Å². The molecular weight excluding hydrogens is 745 g/mol. The van der Waals surface area contributed by atoms with Crippen LogP contribution in [0.3, 0.4) is 0 Å². The predicted molar refractivity (Wildman–Crippen MR) is 266 cm³/mol. The lowest BCUT2D eigenvalue weighted by atomic mass is 9.80. The summed E-state index contributed by atoms with van der Waals surface area (Å²) in [7, 11) is 0. The molecule has 0 heterocycles. The second-order valence-corrected chi connectivity index (χ2v) is 17.1. The first-order chi connectivity index (χ1) is 30.7. The Balaban J connectivity index is 0.827. The number of rotatable bonds is 6. The predicted octanol–water partition coefficient (Wildman–Crippen LogP) is 17.1. The second-order valence-electron chi connectivity index (χ2n) is 17.1. The van der Waals surface area contributed by atoms with Crippen LogP contribution in [0, 0.1) is 0 Å². The molecule has 0 N–H and O–H groups in total. The summed E-state index contributed by atoms with van der Waals surface area (Å²) in [6, 6.07) is 74.7. The fourth-order valence-corrected chi connectivity index (χ4v) is 10.7. The summed E-state index contributed by atoms with van der Waals surface area (Å²) < 4.78 is 0. The van der Waals surface area contributed by atoms with E-state index in [1.165, 1.54) is 132 Å². The zero-order valence-corrected chi connectivity index (χ0v) is 34.2. The van der Waals surface area contributed by atoms with E-state index in [2.05, 4.69) is 218 Å². The van der Waals surface area contributed by atoms with Crippen molar-refractivity contribution in [2.75, 3.05) is 0 Å². The first-order valence-corrected chi connectivity index (χ1v) is 21.9. The van der Waals surface area contributed by atoms with Gasteiger partial charge in [-0.15, -0.1) is 0 Å². The van der Waals surface area contributed by atoms with E-state index >= 15 is 0 Å². The fourth-order valence-electron chi connectivity index (χ4n) is 10.7. The van der Waals surface area contributed by atoms with E-state index in [0.29, 0.717) is 0 Å². The van der Waals surface area contributed by atoms with Crippen LogP contribution in [0.25, 0.3) is 122 Å². The van der Waals surface area contributed by atoms with Gasteiger partial charge in [-0.2, -0.15) is 0 Å². The van der Waals surface area contributed by atoms with Crippen molar-refractivity contribution < 1.29 is 0 Å². The van der Waals surface area contributed by atoms with E-state index in [4.69, 9.17) is 0 Å². The molecule has 288 valence electrons. The molecule has 0 saturated heterocycles. The van der Waals surface area contributed by atoms with E-state index < -0.39 is 0 Å². The number of allylic oxidation sites excluding steroid dienone is 3. The third-order valence-electron chi connectivity index (χ3n) is 13.7. The van der Waals surface area contributed by atoms with Crippen LogP contribution in [-0.4, -0.2) is 0 Å². The van der Waals surface area contributed by atoms with Crippen LogP contribution >= 0.6 is 0 Å². The Morgan fingerprint density at radius 2 is 0.839 bits per heavy atom. The first-order valence-electron chi connectivity index (χ1n) is 21.9. The lowest BCUT2D eigenvalue weighted by Crippen LogP contribution is -2.03. The highest BCUT2D eigenvalue weighted by molar-refractivity contribution is 6.25. The molecule has 0 amide bonds. The Bertz CT molecular complexity index is 3640. The number of hydrogen-bond donors (Lipinski definition) is 0. The minimum Gasteiger partial charge on any atom is -0.0795 e. The van der Waals surface area contributed by atoms with Crippen molar-refractivity contribution >= 4 is 54.7 Å². The number of hydrogen-bond acceptors (Lipinski definition) is 0. The molecule has 13 rings (SSSR count). The molecule has 0 unspecified atom stereocenters. The average molecular weight is 785 g/mol. The van der Waals surface area contributed by atoms with Crippen molar-refractivity contribution in [3.8, 4) is 66.8 Å². The quantitative estimate of drug-likeness (QED) is 0.147. The summed E-state index contributed by atoms with van der Waals surface area (Å²) in [5.41, 5.74) is 20.5. The maximum absolute atomic E-state index is 2.43. The third-order valence-corrected chi connectivity index (χ3v) is 13.7. The topological polar surface area (TPSA) is 0 Å². The first kappa shape index (κ1) is 35.0. The Kier molecular flexibility index (Phi) is 7.84. The van der Waals surface area contributed by atoms with E-state index in [1.807, 2.05) is 0 Å². The molecule has 62 heavy (non-hydrogen) atoms. The van der Waals surface area contributed by atoms with Gasteiger partial charge in [-0.25, -0.2) is 0 Å². The van der Waals surface area contributed by atoms with Crippen molar-refractivity contribution in [1.29, 1.82) is 0 Å². The van der Waals surface area contributed by atoms with Crippen molar-refractivity contribution in [2.24, 2.45) is 0 Å². The second kappa shape index (κ2) is 13.9. The van der Waals surface area contributed by atoms with Gasteiger partial charge < -0.3 is 0 Å². The molecule has 2 aliphatic carbocycles. The summed E-state index contributed by atoms with van der Waals surface area (Å²) in [6.45, 7) is 0. The summed E-state index contributed by atoms with van der Waals surface area (Å²) in [6.07, 6.45) is 9.06. The van der Waals surface area contributed by atoms with Gasteiger partial charge in [0.25, 0.3) is 0 Å². The average Bonchev–Trinajstić information content (AvgIpc) is 3.35. The zero-order valence-electron chi connectivity index (χ0n) is 34.2. The van der Waals surface area contributed by atoms with E-state index in [0.717, 1.165) is 12.8 Å². The van der Waals surface area contributed by atoms with Gasteiger partial charge in [0.2, 0.25) is 0 Å². The minimum atomic E-state index is 1.01. The Morgan fingerprint density at radius 1 is 0.306 bits per heavy atom. The van der Waals surface area contributed by atoms with Crippen LogP contribution < -0.4 is 0 Å². The molecule has 0 saturated carbocycles. The normalized spacial score (nSPS) is 13.1. The van der Waals surface area contributed by atoms with Crippen LogP contribution in [-0.2, 0) is 6.42 Å². The molecule has 0 fully saturated rings. The molecule has 0 heteroatoms. The summed E-state index contributed by atoms with van der Waals surface area (Å²) in [4.78, 5) is 0. The fraction of sp³-hybridized carbons (Fsp3) is 0.0323. The van der Waals surface area contributed by atoms with Gasteiger partial charge in [-0.1, -0.05) is 212 Å². The van der Waals surface area contributed by atoms with Crippen LogP contribution in [0.2, 0.25) is 0 Å². The largest absolute Gasteiger partial charge is 0.0795 e. The smallest absolute Gasteiger partial charge is 0.00206 e. The van der Waals surface area contributed by atoms with E-state index in [-0.39, 0.29) is 0 Å². The van der Waals surface area contributed by atoms with Crippen LogP contribution in [0.5, 0.6) is 0 Å². The summed E-state index contributed by atoms with van der Waals surface area (Å²) >= 11 is 0. The van der Waals surface area contributed by atoms with E-state index in [9.17, 15) is 0 Å². The van der Waals surface area contributed by atoms with Gasteiger partial charge in [0.1, 0.15) is 0 Å². The maximum atomic E-state index is 2.43. The highest BCUT2D eigenvalue weighted by atomic mass is 14.3. The number of benzene rings is 11. The van der Waals surface area contributed by atoms with E-state index in [1.54, 1.807) is 0 Å². The molecule has 0 nitrogen and oxygen atoms in total. The van der Waals surface area contributed by atoms with Crippen molar-refractivity contribution in [3.05, 3.63) is 229 Å². The van der Waals surface area contributed by atoms with Crippen molar-refractivity contribution in [1.82, 2.24) is 0 Å². The molecule has 0 bridgehead atoms. The summed E-state index contributed by atoms with van der Waals surface area (Å²) in [5.74, 6) is 0. The van der Waals surface area contributed by atoms with Crippen LogP contribution in [0.4, 0.5) is 0 Å². The van der Waals surface area contributed by atoms with Crippen LogP contribution in [0.15, 0.2) is 212 Å². The molecule has 0 aliphatic heterocycles. The Hall–Kier alpha value is -7.80. The van der Waals surface area contributed by atoms with Gasteiger partial charge in [0.05, 0.1) is 0 Å². The molecule has 11 aromatic carbocycles.